The van der Waals surface area contributed by atoms with Gasteiger partial charge >= 0.3 is 0 Å². The Kier molecular flexibility index (Phi) is 4.52. The van der Waals surface area contributed by atoms with Crippen LogP contribution in [0.1, 0.15) is 43.7 Å². The van der Waals surface area contributed by atoms with Crippen molar-refractivity contribution in [2.24, 2.45) is 0 Å². The summed E-state index contributed by atoms with van der Waals surface area (Å²) in [6, 6.07) is 5.61. The molecule has 0 radical (unpaired) electrons. The highest BCUT2D eigenvalue weighted by Crippen LogP contribution is 2.36. The lowest BCUT2D eigenvalue weighted by Crippen LogP contribution is -2.52. The summed E-state index contributed by atoms with van der Waals surface area (Å²) in [5.74, 6) is 0. The second-order valence-corrected chi connectivity index (χ2v) is 7.37. The van der Waals surface area contributed by atoms with Gasteiger partial charge in [-0.3, -0.25) is 0 Å². The molecule has 0 heterocycles. The van der Waals surface area contributed by atoms with Gasteiger partial charge in [0.25, 0.3) is 0 Å². The zero-order valence-corrected chi connectivity index (χ0v) is 13.3. The molecule has 1 fully saturated rings. The van der Waals surface area contributed by atoms with Crippen LogP contribution >= 0.6 is 0 Å². The van der Waals surface area contributed by atoms with E-state index in [0.717, 1.165) is 36.8 Å². The average Bonchev–Trinajstić information content (AvgIpc) is 2.36. The maximum absolute atomic E-state index is 12.6. The summed E-state index contributed by atoms with van der Waals surface area (Å²) in [5, 5.41) is 3.05. The molecule has 2 N–H and O–H groups in total. The van der Waals surface area contributed by atoms with Gasteiger partial charge in [-0.25, -0.2) is 13.1 Å². The third-order valence-corrected chi connectivity index (χ3v) is 5.98. The normalized spacial score (nSPS) is 17.8. The Hall–Kier alpha value is -0.910. The standard InChI is InChI=1S/C15H24N2O2S/c1-4-15(8-5-9-15)17-20(18,19)14-10-13(11-16-3)7-6-12(14)2/h6-7,10,16-17H,4-5,8-9,11H2,1-3H3. The minimum atomic E-state index is -3.44. The lowest BCUT2D eigenvalue weighted by atomic mass is 9.76. The van der Waals surface area contributed by atoms with E-state index in [4.69, 9.17) is 0 Å². The van der Waals surface area contributed by atoms with Crippen LogP contribution in [0.5, 0.6) is 0 Å². The van der Waals surface area contributed by atoms with Crippen LogP contribution in [0, 0.1) is 6.92 Å². The topological polar surface area (TPSA) is 58.2 Å². The molecule has 1 aliphatic rings. The van der Waals surface area contributed by atoms with Crippen LogP contribution in [0.3, 0.4) is 0 Å². The van der Waals surface area contributed by atoms with Crippen LogP contribution in [0.2, 0.25) is 0 Å². The van der Waals surface area contributed by atoms with Gasteiger partial charge in [-0.05, 0) is 56.8 Å². The second-order valence-electron chi connectivity index (χ2n) is 5.72. The molecule has 1 aromatic rings. The Morgan fingerprint density at radius 3 is 2.50 bits per heavy atom. The molecule has 0 unspecified atom stereocenters. The molecule has 20 heavy (non-hydrogen) atoms. The SMILES string of the molecule is CCC1(NS(=O)(=O)c2cc(CNC)ccc2C)CCC1. The number of sulfonamides is 1. The monoisotopic (exact) mass is 296 g/mol. The maximum atomic E-state index is 12.6. The zero-order chi connectivity index (χ0) is 14.8. The minimum absolute atomic E-state index is 0.218. The van der Waals surface area contributed by atoms with Gasteiger partial charge in [-0.2, -0.15) is 0 Å². The lowest BCUT2D eigenvalue weighted by molar-refractivity contribution is 0.214. The van der Waals surface area contributed by atoms with Gasteiger partial charge in [0, 0.05) is 12.1 Å². The molecule has 0 bridgehead atoms. The maximum Gasteiger partial charge on any atom is 0.241 e. The average molecular weight is 296 g/mol. The molecular formula is C15H24N2O2S. The summed E-state index contributed by atoms with van der Waals surface area (Å²) in [4.78, 5) is 0.407. The van der Waals surface area contributed by atoms with Crippen LogP contribution in [-0.2, 0) is 16.6 Å². The zero-order valence-electron chi connectivity index (χ0n) is 12.5. The van der Waals surface area contributed by atoms with Gasteiger partial charge in [-0.15, -0.1) is 0 Å². The number of benzene rings is 1. The molecule has 1 saturated carbocycles. The number of hydrogen-bond donors (Lipinski definition) is 2. The van der Waals surface area contributed by atoms with Crippen molar-refractivity contribution in [2.75, 3.05) is 7.05 Å². The van der Waals surface area contributed by atoms with Gasteiger partial charge in [0.15, 0.2) is 0 Å². The number of rotatable bonds is 6. The molecule has 1 aliphatic carbocycles. The molecule has 112 valence electrons. The Bertz CT molecular complexity index is 572. The number of nitrogens with one attached hydrogen (secondary N) is 2. The third-order valence-electron chi connectivity index (χ3n) is 4.26. The molecule has 1 aromatic carbocycles. The van der Waals surface area contributed by atoms with Crippen molar-refractivity contribution in [1.29, 1.82) is 0 Å². The van der Waals surface area contributed by atoms with Crippen molar-refractivity contribution < 1.29 is 8.42 Å². The highest BCUT2D eigenvalue weighted by Gasteiger charge is 2.39. The van der Waals surface area contributed by atoms with Crippen molar-refractivity contribution in [3.63, 3.8) is 0 Å². The summed E-state index contributed by atoms with van der Waals surface area (Å²) in [5.41, 5.74) is 1.56. The lowest BCUT2D eigenvalue weighted by Gasteiger charge is -2.41. The van der Waals surface area contributed by atoms with Gasteiger partial charge in [0.05, 0.1) is 4.90 Å². The van der Waals surface area contributed by atoms with E-state index >= 15 is 0 Å². The molecular weight excluding hydrogens is 272 g/mol. The fourth-order valence-corrected chi connectivity index (χ4v) is 4.55. The van der Waals surface area contributed by atoms with E-state index in [1.807, 2.05) is 33.0 Å². The van der Waals surface area contributed by atoms with Gasteiger partial charge < -0.3 is 5.32 Å². The predicted octanol–water partition coefficient (Wildman–Crippen LogP) is 2.33. The summed E-state index contributed by atoms with van der Waals surface area (Å²) in [6.45, 7) is 4.56. The van der Waals surface area contributed by atoms with Crippen LogP contribution in [0.4, 0.5) is 0 Å². The molecule has 0 aliphatic heterocycles. The molecule has 0 saturated heterocycles. The molecule has 5 heteroatoms. The van der Waals surface area contributed by atoms with Crippen molar-refractivity contribution in [3.8, 4) is 0 Å². The molecule has 0 amide bonds. The van der Waals surface area contributed by atoms with Crippen molar-refractivity contribution in [2.45, 2.75) is 56.5 Å². The van der Waals surface area contributed by atoms with E-state index in [1.54, 1.807) is 6.07 Å². The Labute approximate surface area is 122 Å². The van der Waals surface area contributed by atoms with Crippen LogP contribution in [0.15, 0.2) is 23.1 Å². The summed E-state index contributed by atoms with van der Waals surface area (Å²) in [7, 11) is -1.59. The van der Waals surface area contributed by atoms with Gasteiger partial charge in [-0.1, -0.05) is 19.1 Å². The largest absolute Gasteiger partial charge is 0.316 e. The van der Waals surface area contributed by atoms with Crippen LogP contribution in [0.25, 0.3) is 0 Å². The highest BCUT2D eigenvalue weighted by atomic mass is 32.2. The highest BCUT2D eigenvalue weighted by molar-refractivity contribution is 7.89. The van der Waals surface area contributed by atoms with E-state index in [2.05, 4.69) is 10.0 Å². The third kappa shape index (κ3) is 3.05. The first-order chi connectivity index (χ1) is 9.42. The molecule has 0 aromatic heterocycles. The Balaban J connectivity index is 2.31. The van der Waals surface area contributed by atoms with Gasteiger partial charge in [0.1, 0.15) is 0 Å². The van der Waals surface area contributed by atoms with E-state index < -0.39 is 10.0 Å². The first-order valence-corrected chi connectivity index (χ1v) is 8.69. The fraction of sp³-hybridized carbons (Fsp3) is 0.600. The van der Waals surface area contributed by atoms with Crippen LogP contribution < -0.4 is 10.0 Å². The minimum Gasteiger partial charge on any atom is -0.316 e. The van der Waals surface area contributed by atoms with E-state index in [9.17, 15) is 8.42 Å². The number of aryl methyl sites for hydroxylation is 1. The first-order valence-electron chi connectivity index (χ1n) is 7.20. The van der Waals surface area contributed by atoms with E-state index in [1.165, 1.54) is 0 Å². The molecule has 4 nitrogen and oxygen atoms in total. The van der Waals surface area contributed by atoms with Crippen molar-refractivity contribution >= 4 is 10.0 Å². The Morgan fingerprint density at radius 1 is 1.30 bits per heavy atom. The van der Waals surface area contributed by atoms with Crippen molar-refractivity contribution in [3.05, 3.63) is 29.3 Å². The smallest absolute Gasteiger partial charge is 0.241 e. The Morgan fingerprint density at radius 2 is 2.00 bits per heavy atom. The molecule has 0 atom stereocenters. The summed E-state index contributed by atoms with van der Waals surface area (Å²) in [6.07, 6.45) is 3.84. The molecule has 0 spiro atoms. The summed E-state index contributed by atoms with van der Waals surface area (Å²) >= 11 is 0. The molecule has 2 rings (SSSR count). The van der Waals surface area contributed by atoms with E-state index in [0.29, 0.717) is 11.4 Å². The van der Waals surface area contributed by atoms with Gasteiger partial charge in [0.2, 0.25) is 10.0 Å². The van der Waals surface area contributed by atoms with E-state index in [-0.39, 0.29) is 5.54 Å². The van der Waals surface area contributed by atoms with Crippen LogP contribution in [-0.4, -0.2) is 21.0 Å². The number of hydrogen-bond acceptors (Lipinski definition) is 3. The fourth-order valence-electron chi connectivity index (χ4n) is 2.72. The van der Waals surface area contributed by atoms with Crippen molar-refractivity contribution in [1.82, 2.24) is 10.0 Å². The predicted molar refractivity (Wildman–Crippen MR) is 81.1 cm³/mol. The first kappa shape index (κ1) is 15.5. The summed E-state index contributed by atoms with van der Waals surface area (Å²) < 4.78 is 28.2. The quantitative estimate of drug-likeness (QED) is 0.847. The second kappa shape index (κ2) is 5.84.